The van der Waals surface area contributed by atoms with E-state index in [0.717, 1.165) is 31.4 Å². The van der Waals surface area contributed by atoms with Crippen LogP contribution in [0.3, 0.4) is 0 Å². The highest BCUT2D eigenvalue weighted by molar-refractivity contribution is 7.99. The first kappa shape index (κ1) is 18.1. The molecule has 0 atom stereocenters. The average molecular weight is 389 g/mol. The molecule has 1 aliphatic heterocycles. The van der Waals surface area contributed by atoms with E-state index in [1.54, 1.807) is 4.68 Å². The topological polar surface area (TPSA) is 91.2 Å². The summed E-state index contributed by atoms with van der Waals surface area (Å²) in [6, 6.07) is 5.68. The normalized spacial score (nSPS) is 17.4. The van der Waals surface area contributed by atoms with Crippen molar-refractivity contribution in [1.29, 1.82) is 0 Å². The smallest absolute Gasteiger partial charge is 0.251 e. The number of anilines is 1. The molecule has 1 saturated carbocycles. The van der Waals surface area contributed by atoms with Crippen LogP contribution in [0.2, 0.25) is 0 Å². The zero-order valence-corrected chi connectivity index (χ0v) is 16.3. The highest BCUT2D eigenvalue weighted by Gasteiger charge is 2.42. The van der Waals surface area contributed by atoms with E-state index >= 15 is 0 Å². The Balaban J connectivity index is 1.36. The molecule has 1 N–H and O–H groups in total. The van der Waals surface area contributed by atoms with Gasteiger partial charge in [0.1, 0.15) is 0 Å². The van der Waals surface area contributed by atoms with Crippen molar-refractivity contribution in [2.45, 2.75) is 62.9 Å². The monoisotopic (exact) mass is 389 g/mol. The molecule has 1 amide bonds. The van der Waals surface area contributed by atoms with Gasteiger partial charge in [0, 0.05) is 24.6 Å². The van der Waals surface area contributed by atoms with Gasteiger partial charge in [-0.1, -0.05) is 18.2 Å². The molecule has 1 fully saturated rings. The molecular weight excluding hydrogens is 366 g/mol. The molecule has 2 heterocycles. The first-order valence-corrected chi connectivity index (χ1v) is 10.3. The van der Waals surface area contributed by atoms with Gasteiger partial charge in [0.25, 0.3) is 5.79 Å². The highest BCUT2D eigenvalue weighted by atomic mass is 32.2. The van der Waals surface area contributed by atoms with E-state index in [1.807, 2.05) is 32.0 Å². The summed E-state index contributed by atoms with van der Waals surface area (Å²) in [5.74, 6) is 1.05. The number of amides is 1. The van der Waals surface area contributed by atoms with Gasteiger partial charge < -0.3 is 14.8 Å². The van der Waals surface area contributed by atoms with E-state index in [0.29, 0.717) is 16.6 Å². The first-order valence-electron chi connectivity index (χ1n) is 9.27. The number of hydrogen-bond acceptors (Lipinski definition) is 7. The van der Waals surface area contributed by atoms with Gasteiger partial charge in [0.2, 0.25) is 11.1 Å². The van der Waals surface area contributed by atoms with E-state index in [-0.39, 0.29) is 17.7 Å². The van der Waals surface area contributed by atoms with Crippen LogP contribution < -0.4 is 14.8 Å². The molecule has 1 aliphatic carbocycles. The minimum Gasteiger partial charge on any atom is -0.448 e. The third-order valence-electron chi connectivity index (χ3n) is 4.72. The van der Waals surface area contributed by atoms with Gasteiger partial charge in [-0.3, -0.25) is 4.79 Å². The number of tetrazole rings is 1. The van der Waals surface area contributed by atoms with E-state index in [2.05, 4.69) is 20.8 Å². The van der Waals surface area contributed by atoms with E-state index in [4.69, 9.17) is 9.47 Å². The molecule has 0 unspecified atom stereocenters. The average Bonchev–Trinajstić information content (AvgIpc) is 3.24. The Hall–Kier alpha value is -2.29. The quantitative estimate of drug-likeness (QED) is 0.784. The van der Waals surface area contributed by atoms with Gasteiger partial charge >= 0.3 is 0 Å². The lowest BCUT2D eigenvalue weighted by Gasteiger charge is -2.31. The first-order chi connectivity index (χ1) is 13.0. The minimum absolute atomic E-state index is 0.121. The SMILES string of the molecule is CC(C)n1nnnc1SCC(=O)Nc1ccc2c(c1)OC1(CCCCC1)O2. The third-order valence-corrected chi connectivity index (χ3v) is 5.65. The fraction of sp³-hybridized carbons (Fsp3) is 0.556. The van der Waals surface area contributed by atoms with Crippen LogP contribution in [-0.4, -0.2) is 37.7 Å². The Bertz CT molecular complexity index is 832. The molecule has 8 nitrogen and oxygen atoms in total. The second-order valence-corrected chi connectivity index (χ2v) is 8.12. The number of carbonyl (C=O) groups is 1. The molecule has 2 aliphatic rings. The van der Waals surface area contributed by atoms with E-state index < -0.39 is 5.79 Å². The van der Waals surface area contributed by atoms with Crippen LogP contribution in [0, 0.1) is 0 Å². The number of nitrogens with one attached hydrogen (secondary N) is 1. The Morgan fingerprint density at radius 2 is 2.04 bits per heavy atom. The number of carbonyl (C=O) groups excluding carboxylic acids is 1. The summed E-state index contributed by atoms with van der Waals surface area (Å²) >= 11 is 1.31. The van der Waals surface area contributed by atoms with Crippen LogP contribution in [0.15, 0.2) is 23.4 Å². The van der Waals surface area contributed by atoms with Gasteiger partial charge in [0.15, 0.2) is 11.5 Å². The Labute approximate surface area is 162 Å². The molecule has 1 aromatic heterocycles. The predicted octanol–water partition coefficient (Wildman–Crippen LogP) is 3.42. The zero-order chi connectivity index (χ0) is 18.9. The molecule has 0 saturated heterocycles. The van der Waals surface area contributed by atoms with Crippen LogP contribution in [0.1, 0.15) is 52.0 Å². The lowest BCUT2D eigenvalue weighted by molar-refractivity contribution is -0.113. The summed E-state index contributed by atoms with van der Waals surface area (Å²) in [7, 11) is 0. The summed E-state index contributed by atoms with van der Waals surface area (Å²) < 4.78 is 13.9. The number of aromatic nitrogens is 4. The highest BCUT2D eigenvalue weighted by Crippen LogP contribution is 2.46. The molecule has 27 heavy (non-hydrogen) atoms. The van der Waals surface area contributed by atoms with Crippen molar-refractivity contribution >= 4 is 23.4 Å². The van der Waals surface area contributed by atoms with Crippen molar-refractivity contribution in [3.05, 3.63) is 18.2 Å². The number of fused-ring (bicyclic) bond motifs is 1. The Kier molecular flexibility index (Phi) is 4.94. The van der Waals surface area contributed by atoms with Crippen LogP contribution in [0.4, 0.5) is 5.69 Å². The maximum Gasteiger partial charge on any atom is 0.251 e. The molecule has 1 spiro atoms. The van der Waals surface area contributed by atoms with Crippen molar-refractivity contribution in [3.8, 4) is 11.5 Å². The van der Waals surface area contributed by atoms with Crippen LogP contribution in [-0.2, 0) is 4.79 Å². The van der Waals surface area contributed by atoms with Crippen molar-refractivity contribution < 1.29 is 14.3 Å². The Morgan fingerprint density at radius 3 is 2.81 bits per heavy atom. The van der Waals surface area contributed by atoms with Gasteiger partial charge in [-0.2, -0.15) is 0 Å². The van der Waals surface area contributed by atoms with Crippen LogP contribution >= 0.6 is 11.8 Å². The fourth-order valence-electron chi connectivity index (χ4n) is 3.40. The van der Waals surface area contributed by atoms with Crippen LogP contribution in [0.5, 0.6) is 11.5 Å². The van der Waals surface area contributed by atoms with Gasteiger partial charge in [-0.25, -0.2) is 4.68 Å². The number of nitrogens with zero attached hydrogens (tertiary/aromatic N) is 4. The zero-order valence-electron chi connectivity index (χ0n) is 15.5. The maximum absolute atomic E-state index is 12.3. The molecule has 4 rings (SSSR count). The van der Waals surface area contributed by atoms with Crippen molar-refractivity contribution in [2.75, 3.05) is 11.1 Å². The summed E-state index contributed by atoms with van der Waals surface area (Å²) in [4.78, 5) is 12.3. The van der Waals surface area contributed by atoms with Crippen molar-refractivity contribution in [1.82, 2.24) is 20.2 Å². The van der Waals surface area contributed by atoms with Gasteiger partial charge in [0.05, 0.1) is 11.8 Å². The lowest BCUT2D eigenvalue weighted by Crippen LogP contribution is -2.40. The minimum atomic E-state index is -0.507. The number of hydrogen-bond donors (Lipinski definition) is 1. The fourth-order valence-corrected chi connectivity index (χ4v) is 4.20. The molecule has 9 heteroatoms. The standard InChI is InChI=1S/C18H23N5O3S/c1-12(2)23-17(20-21-22-23)27-11-16(24)19-13-6-7-14-15(10-13)26-18(25-14)8-4-3-5-9-18/h6-7,10,12H,3-5,8-9,11H2,1-2H3,(H,19,24). The Morgan fingerprint density at radius 1 is 1.26 bits per heavy atom. The van der Waals surface area contributed by atoms with Gasteiger partial charge in [-0.15, -0.1) is 5.10 Å². The molecule has 0 bridgehead atoms. The largest absolute Gasteiger partial charge is 0.448 e. The predicted molar refractivity (Wildman–Crippen MR) is 101 cm³/mol. The number of benzene rings is 1. The third kappa shape index (κ3) is 3.87. The molecule has 2 aromatic rings. The summed E-state index contributed by atoms with van der Waals surface area (Å²) in [6.07, 6.45) is 5.27. The maximum atomic E-state index is 12.3. The van der Waals surface area contributed by atoms with Crippen molar-refractivity contribution in [3.63, 3.8) is 0 Å². The van der Waals surface area contributed by atoms with E-state index in [1.165, 1.54) is 18.2 Å². The summed E-state index contributed by atoms with van der Waals surface area (Å²) in [6.45, 7) is 3.98. The number of thioether (sulfide) groups is 1. The van der Waals surface area contributed by atoms with Crippen molar-refractivity contribution in [2.24, 2.45) is 0 Å². The molecular formula is C18H23N5O3S. The molecule has 0 radical (unpaired) electrons. The second kappa shape index (κ2) is 7.38. The number of rotatable bonds is 5. The summed E-state index contributed by atoms with van der Waals surface area (Å²) in [5, 5.41) is 15.1. The lowest BCUT2D eigenvalue weighted by atomic mass is 9.94. The second-order valence-electron chi connectivity index (χ2n) is 7.17. The number of ether oxygens (including phenoxy) is 2. The molecule has 1 aromatic carbocycles. The van der Waals surface area contributed by atoms with E-state index in [9.17, 15) is 4.79 Å². The van der Waals surface area contributed by atoms with Gasteiger partial charge in [-0.05, 0) is 49.2 Å². The summed E-state index contributed by atoms with van der Waals surface area (Å²) in [5.41, 5.74) is 0.694. The van der Waals surface area contributed by atoms with Crippen LogP contribution in [0.25, 0.3) is 0 Å². The molecule has 144 valence electrons.